The number of anilines is 2. The van der Waals surface area contributed by atoms with Crippen molar-refractivity contribution in [3.8, 4) is 0 Å². The van der Waals surface area contributed by atoms with Crippen LogP contribution < -0.4 is 10.2 Å². The monoisotopic (exact) mass is 405 g/mol. The van der Waals surface area contributed by atoms with Gasteiger partial charge in [-0.1, -0.05) is 0 Å². The van der Waals surface area contributed by atoms with Crippen molar-refractivity contribution in [1.29, 1.82) is 0 Å². The summed E-state index contributed by atoms with van der Waals surface area (Å²) in [4.78, 5) is 18.6. The van der Waals surface area contributed by atoms with E-state index in [2.05, 4.69) is 10.3 Å². The molecule has 0 radical (unpaired) electrons. The van der Waals surface area contributed by atoms with E-state index in [1.54, 1.807) is 25.3 Å². The summed E-state index contributed by atoms with van der Waals surface area (Å²) in [6, 6.07) is 9.48. The van der Waals surface area contributed by atoms with Crippen LogP contribution in [0.1, 0.15) is 17.9 Å². The predicted molar refractivity (Wildman–Crippen MR) is 101 cm³/mol. The Bertz CT molecular complexity index is 1030. The third-order valence-corrected chi connectivity index (χ3v) is 4.75. The van der Waals surface area contributed by atoms with Crippen LogP contribution in [0.3, 0.4) is 0 Å². The Labute approximate surface area is 164 Å². The van der Waals surface area contributed by atoms with E-state index in [1.165, 1.54) is 17.0 Å². The van der Waals surface area contributed by atoms with E-state index in [1.807, 2.05) is 0 Å². The molecule has 1 amide bonds. The highest BCUT2D eigenvalue weighted by molar-refractivity contribution is 6.01. The van der Waals surface area contributed by atoms with Crippen LogP contribution in [0.5, 0.6) is 0 Å². The first-order chi connectivity index (χ1) is 13.8. The van der Waals surface area contributed by atoms with Crippen LogP contribution in [0.25, 0.3) is 11.1 Å². The topological polar surface area (TPSA) is 67.6 Å². The number of halogens is 3. The zero-order valence-electron chi connectivity index (χ0n) is 15.5. The average Bonchev–Trinajstić information content (AvgIpc) is 3.24. The molecule has 1 N–H and O–H groups in total. The van der Waals surface area contributed by atoms with Crippen molar-refractivity contribution < 1.29 is 27.1 Å². The lowest BCUT2D eigenvalue weighted by atomic mass is 10.2. The van der Waals surface area contributed by atoms with Crippen molar-refractivity contribution in [2.75, 3.05) is 23.9 Å². The molecule has 4 rings (SSSR count). The maximum Gasteiger partial charge on any atom is 0.416 e. The SMILES string of the molecule is COCc1nc2cc(NC3CCN(c4ccc(C(F)(F)F)cc4)C3=O)ccc2o1. The number of fused-ring (bicyclic) bond motifs is 1. The van der Waals surface area contributed by atoms with Gasteiger partial charge in [-0.05, 0) is 48.9 Å². The van der Waals surface area contributed by atoms with Gasteiger partial charge in [-0.15, -0.1) is 0 Å². The fraction of sp³-hybridized carbons (Fsp3) is 0.300. The highest BCUT2D eigenvalue weighted by Gasteiger charge is 2.34. The molecule has 2 aromatic carbocycles. The van der Waals surface area contributed by atoms with E-state index < -0.39 is 17.8 Å². The van der Waals surface area contributed by atoms with E-state index in [9.17, 15) is 18.0 Å². The van der Waals surface area contributed by atoms with Gasteiger partial charge in [0.1, 0.15) is 18.2 Å². The third kappa shape index (κ3) is 3.91. The summed E-state index contributed by atoms with van der Waals surface area (Å²) in [6.45, 7) is 0.687. The lowest BCUT2D eigenvalue weighted by Gasteiger charge is -2.18. The number of hydrogen-bond donors (Lipinski definition) is 1. The molecule has 2 heterocycles. The lowest BCUT2D eigenvalue weighted by molar-refractivity contribution is -0.137. The van der Waals surface area contributed by atoms with Gasteiger partial charge in [0.05, 0.1) is 5.56 Å². The number of nitrogens with zero attached hydrogens (tertiary/aromatic N) is 2. The summed E-state index contributed by atoms with van der Waals surface area (Å²) in [5, 5.41) is 3.18. The standard InChI is InChI=1S/C20H18F3N3O3/c1-28-11-18-25-16-10-13(4-7-17(16)29-18)24-15-8-9-26(19(15)27)14-5-2-12(3-6-14)20(21,22)23/h2-7,10,15,24H,8-9,11H2,1H3. The Balaban J connectivity index is 1.47. The fourth-order valence-corrected chi connectivity index (χ4v) is 3.35. The number of hydrogen-bond acceptors (Lipinski definition) is 5. The van der Waals surface area contributed by atoms with Gasteiger partial charge in [0.25, 0.3) is 0 Å². The Morgan fingerprint density at radius 2 is 2.00 bits per heavy atom. The Kier molecular flexibility index (Phi) is 4.91. The van der Waals surface area contributed by atoms with Crippen LogP contribution in [-0.2, 0) is 22.3 Å². The first-order valence-corrected chi connectivity index (χ1v) is 8.99. The highest BCUT2D eigenvalue weighted by Crippen LogP contribution is 2.32. The van der Waals surface area contributed by atoms with Crippen molar-refractivity contribution >= 4 is 28.4 Å². The molecule has 0 saturated carbocycles. The second-order valence-corrected chi connectivity index (χ2v) is 6.74. The molecular formula is C20H18F3N3O3. The van der Waals surface area contributed by atoms with Crippen LogP contribution >= 0.6 is 0 Å². The molecule has 0 aliphatic carbocycles. The van der Waals surface area contributed by atoms with Crippen LogP contribution in [0.15, 0.2) is 46.9 Å². The van der Waals surface area contributed by atoms with Gasteiger partial charge in [0, 0.05) is 25.0 Å². The van der Waals surface area contributed by atoms with E-state index in [0.29, 0.717) is 41.3 Å². The number of benzene rings is 2. The third-order valence-electron chi connectivity index (χ3n) is 4.75. The molecule has 1 unspecified atom stereocenters. The zero-order valence-corrected chi connectivity index (χ0v) is 15.5. The molecule has 0 spiro atoms. The number of carbonyl (C=O) groups is 1. The second kappa shape index (κ2) is 7.40. The summed E-state index contributed by atoms with van der Waals surface area (Å²) in [5.74, 6) is 0.273. The first kappa shape index (κ1) is 19.3. The minimum Gasteiger partial charge on any atom is -0.438 e. The minimum atomic E-state index is -4.40. The molecule has 1 aliphatic rings. The number of oxazole rings is 1. The average molecular weight is 405 g/mol. The van der Waals surface area contributed by atoms with Crippen LogP contribution in [0.2, 0.25) is 0 Å². The number of carbonyl (C=O) groups excluding carboxylic acids is 1. The van der Waals surface area contributed by atoms with Crippen LogP contribution in [-0.4, -0.2) is 30.6 Å². The fourth-order valence-electron chi connectivity index (χ4n) is 3.35. The number of aromatic nitrogens is 1. The van der Waals surface area contributed by atoms with Crippen LogP contribution in [0.4, 0.5) is 24.5 Å². The zero-order chi connectivity index (χ0) is 20.6. The highest BCUT2D eigenvalue weighted by atomic mass is 19.4. The molecule has 9 heteroatoms. The molecule has 6 nitrogen and oxygen atoms in total. The Morgan fingerprint density at radius 1 is 1.24 bits per heavy atom. The largest absolute Gasteiger partial charge is 0.438 e. The smallest absolute Gasteiger partial charge is 0.416 e. The molecule has 1 aromatic heterocycles. The molecule has 1 saturated heterocycles. The molecule has 1 atom stereocenters. The maximum absolute atomic E-state index is 12.7. The molecular weight excluding hydrogens is 387 g/mol. The molecule has 1 aliphatic heterocycles. The van der Waals surface area contributed by atoms with Crippen molar-refractivity contribution in [3.05, 3.63) is 53.9 Å². The van der Waals surface area contributed by atoms with Gasteiger partial charge < -0.3 is 19.4 Å². The van der Waals surface area contributed by atoms with Gasteiger partial charge in [-0.2, -0.15) is 13.2 Å². The van der Waals surface area contributed by atoms with E-state index >= 15 is 0 Å². The lowest BCUT2D eigenvalue weighted by Crippen LogP contribution is -2.33. The maximum atomic E-state index is 12.7. The number of rotatable bonds is 5. The molecule has 3 aromatic rings. The number of amides is 1. The second-order valence-electron chi connectivity index (χ2n) is 6.74. The number of alkyl halides is 3. The summed E-state index contributed by atoms with van der Waals surface area (Å²) in [7, 11) is 1.55. The summed E-state index contributed by atoms with van der Waals surface area (Å²) >= 11 is 0. The Morgan fingerprint density at radius 3 is 2.69 bits per heavy atom. The molecule has 1 fully saturated rings. The summed E-state index contributed by atoms with van der Waals surface area (Å²) in [6.07, 6.45) is -3.87. The minimum absolute atomic E-state index is 0.190. The normalized spacial score (nSPS) is 17.3. The quantitative estimate of drug-likeness (QED) is 0.689. The number of ether oxygens (including phenoxy) is 1. The van der Waals surface area contributed by atoms with E-state index in [0.717, 1.165) is 12.1 Å². The Hall–Kier alpha value is -3.07. The van der Waals surface area contributed by atoms with Crippen molar-refractivity contribution in [2.45, 2.75) is 25.2 Å². The van der Waals surface area contributed by atoms with Crippen molar-refractivity contribution in [3.63, 3.8) is 0 Å². The number of methoxy groups -OCH3 is 1. The molecule has 0 bridgehead atoms. The van der Waals surface area contributed by atoms with E-state index in [4.69, 9.17) is 9.15 Å². The van der Waals surface area contributed by atoms with E-state index in [-0.39, 0.29) is 12.5 Å². The summed E-state index contributed by atoms with van der Waals surface area (Å²) < 4.78 is 48.7. The van der Waals surface area contributed by atoms with Crippen molar-refractivity contribution in [1.82, 2.24) is 4.98 Å². The van der Waals surface area contributed by atoms with Gasteiger partial charge in [-0.3, -0.25) is 4.79 Å². The van der Waals surface area contributed by atoms with Crippen molar-refractivity contribution in [2.24, 2.45) is 0 Å². The summed E-state index contributed by atoms with van der Waals surface area (Å²) in [5.41, 5.74) is 1.68. The van der Waals surface area contributed by atoms with Gasteiger partial charge in [-0.25, -0.2) is 4.98 Å². The van der Waals surface area contributed by atoms with Gasteiger partial charge in [0.15, 0.2) is 5.58 Å². The molecule has 152 valence electrons. The van der Waals surface area contributed by atoms with Gasteiger partial charge >= 0.3 is 6.18 Å². The first-order valence-electron chi connectivity index (χ1n) is 8.99. The number of nitrogens with one attached hydrogen (secondary N) is 1. The molecule has 29 heavy (non-hydrogen) atoms. The van der Waals surface area contributed by atoms with Crippen LogP contribution in [0, 0.1) is 0 Å². The predicted octanol–water partition coefficient (Wildman–Crippen LogP) is 4.21. The van der Waals surface area contributed by atoms with Gasteiger partial charge in [0.2, 0.25) is 11.8 Å².